The molecule has 0 aliphatic carbocycles. The number of imidazole rings is 1. The summed E-state index contributed by atoms with van der Waals surface area (Å²) < 4.78 is 13.8. The molecule has 3 aromatic heterocycles. The summed E-state index contributed by atoms with van der Waals surface area (Å²) in [4.78, 5) is 15.4. The van der Waals surface area contributed by atoms with E-state index in [-0.39, 0.29) is 6.04 Å². The highest BCUT2D eigenvalue weighted by Crippen LogP contribution is 2.25. The molecule has 4 rings (SSSR count). The molecule has 0 spiro atoms. The largest absolute Gasteiger partial charge is 0.475 e. The van der Waals surface area contributed by atoms with Crippen LogP contribution in [0.15, 0.2) is 35.3 Å². The third-order valence-electron chi connectivity index (χ3n) is 4.76. The first-order chi connectivity index (χ1) is 12.6. The second-order valence-corrected chi connectivity index (χ2v) is 6.83. The Kier molecular flexibility index (Phi) is 4.46. The zero-order chi connectivity index (χ0) is 18.1. The van der Waals surface area contributed by atoms with Crippen LogP contribution in [0.1, 0.15) is 28.6 Å². The van der Waals surface area contributed by atoms with Gasteiger partial charge in [-0.05, 0) is 26.0 Å². The van der Waals surface area contributed by atoms with Crippen molar-refractivity contribution < 1.29 is 9.15 Å². The van der Waals surface area contributed by atoms with Crippen molar-refractivity contribution in [1.82, 2.24) is 24.4 Å². The quantitative estimate of drug-likeness (QED) is 0.702. The normalized spacial score (nSPS) is 17.3. The van der Waals surface area contributed by atoms with Gasteiger partial charge in [0, 0.05) is 31.9 Å². The number of rotatable bonds is 5. The Morgan fingerprint density at radius 1 is 1.27 bits per heavy atom. The minimum Gasteiger partial charge on any atom is -0.475 e. The smallest absolute Gasteiger partial charge is 0.232 e. The van der Waals surface area contributed by atoms with E-state index in [2.05, 4.69) is 24.4 Å². The molecular weight excluding hydrogens is 330 g/mol. The van der Waals surface area contributed by atoms with Gasteiger partial charge in [-0.3, -0.25) is 9.88 Å². The molecular formula is C19H23N5O2. The maximum atomic E-state index is 5.96. The fraction of sp³-hybridized carbons (Fsp3) is 0.421. The summed E-state index contributed by atoms with van der Waals surface area (Å²) in [5, 5.41) is 0. The predicted octanol–water partition coefficient (Wildman–Crippen LogP) is 2.43. The van der Waals surface area contributed by atoms with Crippen molar-refractivity contribution >= 4 is 0 Å². The lowest BCUT2D eigenvalue weighted by Gasteiger charge is -2.34. The van der Waals surface area contributed by atoms with E-state index >= 15 is 0 Å². The molecule has 0 saturated carbocycles. The van der Waals surface area contributed by atoms with Crippen molar-refractivity contribution in [3.05, 3.63) is 59.5 Å². The molecule has 26 heavy (non-hydrogen) atoms. The van der Waals surface area contributed by atoms with E-state index in [0.717, 1.165) is 42.4 Å². The Morgan fingerprint density at radius 2 is 2.15 bits per heavy atom. The van der Waals surface area contributed by atoms with Crippen molar-refractivity contribution in [2.75, 3.05) is 6.61 Å². The van der Waals surface area contributed by atoms with E-state index in [0.29, 0.717) is 12.5 Å². The van der Waals surface area contributed by atoms with Crippen LogP contribution in [0.2, 0.25) is 0 Å². The molecule has 0 unspecified atom stereocenters. The van der Waals surface area contributed by atoms with Gasteiger partial charge in [0.15, 0.2) is 0 Å². The second kappa shape index (κ2) is 6.92. The van der Waals surface area contributed by atoms with E-state index in [1.807, 2.05) is 39.4 Å². The van der Waals surface area contributed by atoms with Crippen LogP contribution < -0.4 is 4.74 Å². The van der Waals surface area contributed by atoms with Gasteiger partial charge in [0.1, 0.15) is 18.1 Å². The fourth-order valence-corrected chi connectivity index (χ4v) is 3.38. The minimum absolute atomic E-state index is 0.214. The summed E-state index contributed by atoms with van der Waals surface area (Å²) in [6, 6.07) is 4.25. The lowest BCUT2D eigenvalue weighted by Crippen LogP contribution is -2.44. The average Bonchev–Trinajstić information content (AvgIpc) is 3.19. The maximum Gasteiger partial charge on any atom is 0.232 e. The third-order valence-corrected chi connectivity index (χ3v) is 4.76. The number of hydrogen-bond donors (Lipinski definition) is 0. The lowest BCUT2D eigenvalue weighted by molar-refractivity contribution is 0.0971. The van der Waals surface area contributed by atoms with Crippen LogP contribution in [0.4, 0.5) is 0 Å². The number of nitrogens with zero attached hydrogens (tertiary/aromatic N) is 5. The summed E-state index contributed by atoms with van der Waals surface area (Å²) in [6.45, 7) is 5.94. The van der Waals surface area contributed by atoms with Crippen molar-refractivity contribution in [2.24, 2.45) is 7.05 Å². The number of aromatic nitrogens is 4. The molecule has 0 N–H and O–H groups in total. The summed E-state index contributed by atoms with van der Waals surface area (Å²) in [7, 11) is 2.04. The first kappa shape index (κ1) is 16.8. The molecule has 1 aliphatic rings. The highest BCUT2D eigenvalue weighted by Gasteiger charge is 2.30. The topological polar surface area (TPSA) is 69.2 Å². The van der Waals surface area contributed by atoms with E-state index < -0.39 is 0 Å². The van der Waals surface area contributed by atoms with Crippen LogP contribution in [-0.4, -0.2) is 37.1 Å². The molecule has 0 aromatic carbocycles. The lowest BCUT2D eigenvalue weighted by atomic mass is 10.0. The summed E-state index contributed by atoms with van der Waals surface area (Å²) in [6.07, 6.45) is 6.15. The van der Waals surface area contributed by atoms with Crippen LogP contribution in [-0.2, 0) is 26.6 Å². The van der Waals surface area contributed by atoms with Gasteiger partial charge in [-0.25, -0.2) is 9.97 Å². The van der Waals surface area contributed by atoms with Crippen molar-refractivity contribution in [1.29, 1.82) is 0 Å². The van der Waals surface area contributed by atoms with Gasteiger partial charge < -0.3 is 13.7 Å². The van der Waals surface area contributed by atoms with Gasteiger partial charge in [-0.15, -0.1) is 0 Å². The Balaban J connectivity index is 1.52. The zero-order valence-electron chi connectivity index (χ0n) is 15.3. The molecule has 7 nitrogen and oxygen atoms in total. The standard InChI is InChI=1S/C19H23N5O2/c1-13-7-20-8-19(22-13)25-11-15-6-18-17(21-12-23(18)3)10-24(15)9-16-5-4-14(2)26-16/h4-5,7-8,12,15H,6,9-11H2,1-3H3/t15-/m0/s1. The highest BCUT2D eigenvalue weighted by atomic mass is 16.5. The van der Waals surface area contributed by atoms with E-state index in [1.54, 1.807) is 12.4 Å². The van der Waals surface area contributed by atoms with Gasteiger partial charge in [-0.1, -0.05) is 0 Å². The van der Waals surface area contributed by atoms with Crippen LogP contribution in [0, 0.1) is 13.8 Å². The average molecular weight is 353 g/mol. The Hall–Kier alpha value is -2.67. The summed E-state index contributed by atoms with van der Waals surface area (Å²) >= 11 is 0. The number of fused-ring (bicyclic) bond motifs is 1. The van der Waals surface area contributed by atoms with Gasteiger partial charge in [0.05, 0.1) is 36.5 Å². The minimum atomic E-state index is 0.214. The first-order valence-electron chi connectivity index (χ1n) is 8.78. The zero-order valence-corrected chi connectivity index (χ0v) is 15.3. The van der Waals surface area contributed by atoms with Gasteiger partial charge in [-0.2, -0.15) is 0 Å². The van der Waals surface area contributed by atoms with Crippen molar-refractivity contribution in [3.63, 3.8) is 0 Å². The Bertz CT molecular complexity index is 901. The fourth-order valence-electron chi connectivity index (χ4n) is 3.38. The van der Waals surface area contributed by atoms with Crippen LogP contribution >= 0.6 is 0 Å². The van der Waals surface area contributed by atoms with Crippen LogP contribution in [0.25, 0.3) is 0 Å². The molecule has 0 radical (unpaired) electrons. The third kappa shape index (κ3) is 3.48. The van der Waals surface area contributed by atoms with E-state index in [4.69, 9.17) is 9.15 Å². The van der Waals surface area contributed by atoms with E-state index in [1.165, 1.54) is 5.69 Å². The molecule has 0 fully saturated rings. The van der Waals surface area contributed by atoms with E-state index in [9.17, 15) is 0 Å². The van der Waals surface area contributed by atoms with Gasteiger partial charge in [0.25, 0.3) is 0 Å². The molecule has 136 valence electrons. The monoisotopic (exact) mass is 353 g/mol. The second-order valence-electron chi connectivity index (χ2n) is 6.83. The molecule has 0 amide bonds. The summed E-state index contributed by atoms with van der Waals surface area (Å²) in [5.74, 6) is 2.45. The molecule has 0 saturated heterocycles. The van der Waals surface area contributed by atoms with Crippen LogP contribution in [0.5, 0.6) is 5.88 Å². The van der Waals surface area contributed by atoms with Gasteiger partial charge >= 0.3 is 0 Å². The van der Waals surface area contributed by atoms with Crippen LogP contribution in [0.3, 0.4) is 0 Å². The highest BCUT2D eigenvalue weighted by molar-refractivity contribution is 5.19. The predicted molar refractivity (Wildman–Crippen MR) is 95.7 cm³/mol. The Morgan fingerprint density at radius 3 is 2.92 bits per heavy atom. The van der Waals surface area contributed by atoms with Gasteiger partial charge in [0.2, 0.25) is 5.88 Å². The van der Waals surface area contributed by atoms with Crippen molar-refractivity contribution in [3.8, 4) is 5.88 Å². The number of hydrogen-bond acceptors (Lipinski definition) is 6. The van der Waals surface area contributed by atoms with Crippen molar-refractivity contribution in [2.45, 2.75) is 39.4 Å². The molecule has 0 bridgehead atoms. The number of aryl methyl sites for hydroxylation is 3. The Labute approximate surface area is 152 Å². The SMILES string of the molecule is Cc1cncc(OC[C@@H]2Cc3c(ncn3C)CN2Cc2ccc(C)o2)n1. The molecule has 3 aromatic rings. The number of ether oxygens (including phenoxy) is 1. The maximum absolute atomic E-state index is 5.96. The molecule has 1 atom stereocenters. The molecule has 1 aliphatic heterocycles. The number of furan rings is 1. The molecule has 7 heteroatoms. The summed E-state index contributed by atoms with van der Waals surface area (Å²) in [5.41, 5.74) is 3.24. The first-order valence-corrected chi connectivity index (χ1v) is 8.78. The molecule has 4 heterocycles.